The summed E-state index contributed by atoms with van der Waals surface area (Å²) in [7, 11) is 0. The molecule has 0 aliphatic carbocycles. The molecular weight excluding hydrogens is 324 g/mol. The van der Waals surface area contributed by atoms with Gasteiger partial charge in [0.2, 0.25) is 5.13 Å². The zero-order valence-electron chi connectivity index (χ0n) is 14.0. The molecule has 0 bridgehead atoms. The van der Waals surface area contributed by atoms with E-state index in [-0.39, 0.29) is 12.2 Å². The summed E-state index contributed by atoms with van der Waals surface area (Å²) < 4.78 is 12.3. The van der Waals surface area contributed by atoms with E-state index >= 15 is 0 Å². The second-order valence-corrected chi connectivity index (χ2v) is 7.58. The number of nitrogens with zero attached hydrogens (tertiary/aromatic N) is 4. The van der Waals surface area contributed by atoms with E-state index in [9.17, 15) is 0 Å². The van der Waals surface area contributed by atoms with Crippen LogP contribution in [0.25, 0.3) is 0 Å². The molecule has 0 radical (unpaired) electrons. The molecule has 7 heteroatoms. The molecule has 0 unspecified atom stereocenters. The largest absolute Gasteiger partial charge is 0.373 e. The molecule has 6 nitrogen and oxygen atoms in total. The maximum Gasteiger partial charge on any atom is 0.208 e. The van der Waals surface area contributed by atoms with Gasteiger partial charge >= 0.3 is 0 Å². The van der Waals surface area contributed by atoms with Gasteiger partial charge in [0.15, 0.2) is 0 Å². The van der Waals surface area contributed by atoms with Crippen LogP contribution >= 0.6 is 11.3 Å². The van der Waals surface area contributed by atoms with Gasteiger partial charge in [0.25, 0.3) is 0 Å². The fourth-order valence-electron chi connectivity index (χ4n) is 3.55. The van der Waals surface area contributed by atoms with Crippen LogP contribution in [0.5, 0.6) is 0 Å². The molecule has 24 heavy (non-hydrogen) atoms. The van der Waals surface area contributed by atoms with Crippen LogP contribution < -0.4 is 4.90 Å². The van der Waals surface area contributed by atoms with Gasteiger partial charge in [0.1, 0.15) is 17.2 Å². The third-order valence-corrected chi connectivity index (χ3v) is 5.51. The summed E-state index contributed by atoms with van der Waals surface area (Å²) in [5, 5.41) is 10.5. The Hall–Kier alpha value is -1.57. The van der Waals surface area contributed by atoms with Crippen molar-refractivity contribution in [3.8, 4) is 0 Å². The van der Waals surface area contributed by atoms with E-state index in [2.05, 4.69) is 20.1 Å². The van der Waals surface area contributed by atoms with Crippen LogP contribution in [0.3, 0.4) is 0 Å². The second kappa shape index (κ2) is 6.74. The van der Waals surface area contributed by atoms with Crippen molar-refractivity contribution in [2.75, 3.05) is 18.1 Å². The third-order valence-electron chi connectivity index (χ3n) is 4.63. The number of anilines is 1. The summed E-state index contributed by atoms with van der Waals surface area (Å²) in [6.07, 6.45) is 2.35. The van der Waals surface area contributed by atoms with E-state index in [4.69, 9.17) is 9.47 Å². The first-order valence-corrected chi connectivity index (χ1v) is 9.25. The molecule has 0 saturated carbocycles. The number of pyridine rings is 1. The van der Waals surface area contributed by atoms with E-state index in [0.29, 0.717) is 12.6 Å². The Morgan fingerprint density at radius 1 is 1.33 bits per heavy atom. The van der Waals surface area contributed by atoms with Crippen LogP contribution in [0.1, 0.15) is 29.2 Å². The summed E-state index contributed by atoms with van der Waals surface area (Å²) in [5.41, 5.74) is 1.98. The normalized spacial score (nSPS) is 26.6. The van der Waals surface area contributed by atoms with Crippen molar-refractivity contribution in [2.45, 2.75) is 51.5 Å². The summed E-state index contributed by atoms with van der Waals surface area (Å²) in [4.78, 5) is 6.84. The molecule has 0 N–H and O–H groups in total. The smallest absolute Gasteiger partial charge is 0.208 e. The molecule has 2 saturated heterocycles. The highest BCUT2D eigenvalue weighted by atomic mass is 32.1. The van der Waals surface area contributed by atoms with E-state index in [1.165, 1.54) is 0 Å². The summed E-state index contributed by atoms with van der Waals surface area (Å²) in [5.74, 6) is 0. The van der Waals surface area contributed by atoms with Gasteiger partial charge in [-0.15, -0.1) is 10.2 Å². The topological polar surface area (TPSA) is 60.4 Å². The van der Waals surface area contributed by atoms with Gasteiger partial charge < -0.3 is 14.4 Å². The van der Waals surface area contributed by atoms with E-state index in [1.807, 2.05) is 32.0 Å². The monoisotopic (exact) mass is 346 g/mol. The third kappa shape index (κ3) is 3.16. The van der Waals surface area contributed by atoms with Gasteiger partial charge in [-0.2, -0.15) is 0 Å². The lowest BCUT2D eigenvalue weighted by atomic mass is 10.0. The van der Waals surface area contributed by atoms with Gasteiger partial charge in [-0.1, -0.05) is 17.4 Å². The van der Waals surface area contributed by atoms with Crippen molar-refractivity contribution < 1.29 is 9.47 Å². The molecule has 0 amide bonds. The Morgan fingerprint density at radius 2 is 2.25 bits per heavy atom. The first-order chi connectivity index (χ1) is 11.7. The number of hydrogen-bond donors (Lipinski definition) is 0. The molecule has 4 heterocycles. The van der Waals surface area contributed by atoms with Crippen molar-refractivity contribution in [1.29, 1.82) is 0 Å². The maximum absolute atomic E-state index is 6.20. The first kappa shape index (κ1) is 15.9. The highest BCUT2D eigenvalue weighted by molar-refractivity contribution is 7.15. The lowest BCUT2D eigenvalue weighted by molar-refractivity contribution is -0.0789. The number of hydrogen-bond acceptors (Lipinski definition) is 7. The van der Waals surface area contributed by atoms with Gasteiger partial charge in [0, 0.05) is 18.8 Å². The summed E-state index contributed by atoms with van der Waals surface area (Å²) in [6.45, 7) is 6.12. The molecular formula is C17H22N4O2S. The van der Waals surface area contributed by atoms with Crippen LogP contribution in [0, 0.1) is 13.8 Å². The molecule has 0 aromatic carbocycles. The highest BCUT2D eigenvalue weighted by Crippen LogP contribution is 2.35. The van der Waals surface area contributed by atoms with Gasteiger partial charge in [-0.25, -0.2) is 0 Å². The lowest BCUT2D eigenvalue weighted by Gasteiger charge is -2.31. The molecule has 2 aliphatic rings. The molecule has 2 fully saturated rings. The first-order valence-electron chi connectivity index (χ1n) is 8.43. The van der Waals surface area contributed by atoms with Crippen LogP contribution in [0.2, 0.25) is 0 Å². The van der Waals surface area contributed by atoms with E-state index < -0.39 is 0 Å². The predicted molar refractivity (Wildman–Crippen MR) is 92.3 cm³/mol. The number of aryl methyl sites for hydroxylation is 2. The number of fused-ring (bicyclic) bond motifs is 1. The SMILES string of the molecule is Cc1cccc(CO[C@H]2CN(c3nnc(C)s3)[C@@H]3CCCO[C@H]23)n1. The highest BCUT2D eigenvalue weighted by Gasteiger charge is 2.45. The molecule has 0 spiro atoms. The Bertz CT molecular complexity index is 707. The summed E-state index contributed by atoms with van der Waals surface area (Å²) >= 11 is 1.64. The zero-order chi connectivity index (χ0) is 16.5. The van der Waals surface area contributed by atoms with Gasteiger partial charge in [0.05, 0.1) is 18.3 Å². The van der Waals surface area contributed by atoms with Gasteiger partial charge in [-0.05, 0) is 38.8 Å². The zero-order valence-corrected chi connectivity index (χ0v) is 14.8. The van der Waals surface area contributed by atoms with Crippen molar-refractivity contribution >= 4 is 16.5 Å². The Labute approximate surface area is 145 Å². The van der Waals surface area contributed by atoms with Crippen molar-refractivity contribution in [3.05, 3.63) is 34.6 Å². The molecule has 4 rings (SSSR count). The average Bonchev–Trinajstić information content (AvgIpc) is 3.17. The van der Waals surface area contributed by atoms with E-state index in [1.54, 1.807) is 11.3 Å². The van der Waals surface area contributed by atoms with Crippen LogP contribution in [0.15, 0.2) is 18.2 Å². The number of aromatic nitrogens is 3. The average molecular weight is 346 g/mol. The minimum atomic E-state index is 0.0434. The molecule has 128 valence electrons. The Balaban J connectivity index is 1.48. The van der Waals surface area contributed by atoms with Crippen molar-refractivity contribution in [2.24, 2.45) is 0 Å². The van der Waals surface area contributed by atoms with Crippen molar-refractivity contribution in [1.82, 2.24) is 15.2 Å². The Morgan fingerprint density at radius 3 is 3.04 bits per heavy atom. The van der Waals surface area contributed by atoms with Gasteiger partial charge in [-0.3, -0.25) is 4.98 Å². The molecule has 2 aromatic heterocycles. The van der Waals surface area contributed by atoms with Crippen LogP contribution in [-0.4, -0.2) is 46.6 Å². The fourth-order valence-corrected chi connectivity index (χ4v) is 4.31. The fraction of sp³-hybridized carbons (Fsp3) is 0.588. The minimum absolute atomic E-state index is 0.0434. The van der Waals surface area contributed by atoms with Crippen LogP contribution in [-0.2, 0) is 16.1 Å². The minimum Gasteiger partial charge on any atom is -0.373 e. The quantitative estimate of drug-likeness (QED) is 0.848. The predicted octanol–water partition coefficient (Wildman–Crippen LogP) is 2.50. The van der Waals surface area contributed by atoms with Crippen molar-refractivity contribution in [3.63, 3.8) is 0 Å². The Kier molecular flexibility index (Phi) is 4.47. The second-order valence-electron chi connectivity index (χ2n) is 6.42. The number of ether oxygens (including phenoxy) is 2. The van der Waals surface area contributed by atoms with E-state index in [0.717, 1.165) is 47.5 Å². The van der Waals surface area contributed by atoms with Crippen LogP contribution in [0.4, 0.5) is 5.13 Å². The molecule has 2 aliphatic heterocycles. The standard InChI is InChI=1S/C17H22N4O2S/c1-11-5-3-6-13(18-11)10-23-15-9-21(17-20-19-12(2)24-17)14-7-4-8-22-16(14)15/h3,5-6,14-16H,4,7-10H2,1-2H3/t14-,15+,16+/m1/s1. The molecule has 3 atom stereocenters. The molecule has 2 aromatic rings. The lowest BCUT2D eigenvalue weighted by Crippen LogP contribution is -2.42. The summed E-state index contributed by atoms with van der Waals surface area (Å²) in [6, 6.07) is 6.36. The number of rotatable bonds is 4. The maximum atomic E-state index is 6.20.